The van der Waals surface area contributed by atoms with Gasteiger partial charge in [-0.05, 0) is 73.3 Å². The lowest BCUT2D eigenvalue weighted by molar-refractivity contribution is -0.0566. The Balaban J connectivity index is 1.62. The lowest BCUT2D eigenvalue weighted by Crippen LogP contribution is -2.48. The lowest BCUT2D eigenvalue weighted by Gasteiger charge is -2.56. The van der Waals surface area contributed by atoms with Crippen molar-refractivity contribution in [2.24, 2.45) is 28.6 Å². The monoisotopic (exact) mass is 402 g/mol. The zero-order valence-corrected chi connectivity index (χ0v) is 16.4. The molecule has 3 nitrogen and oxygen atoms in total. The highest BCUT2D eigenvalue weighted by Crippen LogP contribution is 2.64. The van der Waals surface area contributed by atoms with Crippen LogP contribution in [0.2, 0.25) is 0 Å². The quantitative estimate of drug-likeness (QED) is 0.454. The molecule has 0 aromatic carbocycles. The van der Waals surface area contributed by atoms with Crippen molar-refractivity contribution in [1.29, 1.82) is 0 Å². The molecule has 5 atom stereocenters. The van der Waals surface area contributed by atoms with Gasteiger partial charge >= 0.3 is 15.6 Å². The van der Waals surface area contributed by atoms with E-state index in [1.54, 1.807) is 6.08 Å². The summed E-state index contributed by atoms with van der Waals surface area (Å²) in [5, 5.41) is 0. The highest BCUT2D eigenvalue weighted by molar-refractivity contribution is 7.87. The van der Waals surface area contributed by atoms with Crippen molar-refractivity contribution in [2.45, 2.75) is 57.9 Å². The first kappa shape index (κ1) is 19.1. The highest BCUT2D eigenvalue weighted by atomic mass is 32.2. The molecular weight excluding hydrogens is 377 g/mol. The van der Waals surface area contributed by atoms with Gasteiger partial charge in [-0.15, -0.1) is 0 Å². The van der Waals surface area contributed by atoms with Crippen molar-refractivity contribution in [2.75, 3.05) is 0 Å². The van der Waals surface area contributed by atoms with Gasteiger partial charge in [-0.2, -0.15) is 21.6 Å². The maximum atomic E-state index is 12.8. The molecule has 0 amide bonds. The third kappa shape index (κ3) is 2.71. The molecule has 7 heteroatoms. The van der Waals surface area contributed by atoms with Gasteiger partial charge in [0, 0.05) is 5.41 Å². The molecular formula is C20H25F3O3S. The van der Waals surface area contributed by atoms with Gasteiger partial charge in [-0.1, -0.05) is 32.1 Å². The first-order valence-corrected chi connectivity index (χ1v) is 11.0. The van der Waals surface area contributed by atoms with E-state index in [1.165, 1.54) is 5.57 Å². The van der Waals surface area contributed by atoms with Gasteiger partial charge in [0.05, 0.1) is 0 Å². The van der Waals surface area contributed by atoms with Gasteiger partial charge in [-0.25, -0.2) is 0 Å². The number of alkyl halides is 3. The van der Waals surface area contributed by atoms with Crippen LogP contribution in [0.1, 0.15) is 52.4 Å². The Labute approximate surface area is 158 Å². The number of rotatable bonds is 2. The summed E-state index contributed by atoms with van der Waals surface area (Å²) in [5.41, 5.74) is -4.54. The number of hydrogen-bond acceptors (Lipinski definition) is 3. The highest BCUT2D eigenvalue weighted by Gasteiger charge is 2.58. The first-order chi connectivity index (χ1) is 12.5. The molecule has 4 rings (SSSR count). The molecule has 0 saturated heterocycles. The normalized spacial score (nSPS) is 41.1. The van der Waals surface area contributed by atoms with E-state index in [0.717, 1.165) is 25.7 Å². The molecule has 0 radical (unpaired) electrons. The Morgan fingerprint density at radius 3 is 2.52 bits per heavy atom. The fourth-order valence-electron chi connectivity index (χ4n) is 6.12. The van der Waals surface area contributed by atoms with Gasteiger partial charge in [0.1, 0.15) is 5.76 Å². The van der Waals surface area contributed by atoms with Crippen LogP contribution >= 0.6 is 0 Å². The Hall–Kier alpha value is -1.24. The summed E-state index contributed by atoms with van der Waals surface area (Å²) in [7, 11) is -5.62. The number of hydrogen-bond donors (Lipinski definition) is 0. The van der Waals surface area contributed by atoms with Crippen LogP contribution < -0.4 is 0 Å². The van der Waals surface area contributed by atoms with E-state index in [0.29, 0.717) is 24.7 Å². The Kier molecular flexibility index (Phi) is 4.16. The fraction of sp³-hybridized carbons (Fsp3) is 0.700. The minimum absolute atomic E-state index is 0.00764. The summed E-state index contributed by atoms with van der Waals surface area (Å²) < 4.78 is 66.1. The summed E-state index contributed by atoms with van der Waals surface area (Å²) in [6, 6.07) is 0. The van der Waals surface area contributed by atoms with E-state index in [2.05, 4.69) is 29.3 Å². The summed E-state index contributed by atoms with van der Waals surface area (Å²) >= 11 is 0. The average molecular weight is 402 g/mol. The third-order valence-corrected chi connectivity index (χ3v) is 8.61. The molecule has 150 valence electrons. The molecule has 4 aliphatic carbocycles. The minimum atomic E-state index is -5.62. The summed E-state index contributed by atoms with van der Waals surface area (Å²) in [6.45, 7) is 4.19. The van der Waals surface area contributed by atoms with E-state index in [1.807, 2.05) is 6.92 Å². The number of halogens is 3. The van der Waals surface area contributed by atoms with Crippen LogP contribution in [0, 0.1) is 28.6 Å². The molecule has 0 spiro atoms. The van der Waals surface area contributed by atoms with Gasteiger partial charge < -0.3 is 4.18 Å². The second-order valence-electron chi connectivity index (χ2n) is 8.87. The van der Waals surface area contributed by atoms with Crippen LogP contribution in [0.4, 0.5) is 13.2 Å². The minimum Gasteiger partial charge on any atom is -0.380 e. The molecule has 0 heterocycles. The van der Waals surface area contributed by atoms with E-state index >= 15 is 0 Å². The fourth-order valence-corrected chi connectivity index (χ4v) is 6.71. The van der Waals surface area contributed by atoms with Crippen LogP contribution in [-0.4, -0.2) is 13.9 Å². The van der Waals surface area contributed by atoms with Gasteiger partial charge in [0.2, 0.25) is 0 Å². The Morgan fingerprint density at radius 2 is 1.81 bits per heavy atom. The maximum absolute atomic E-state index is 12.8. The zero-order valence-electron chi connectivity index (χ0n) is 15.6. The summed E-state index contributed by atoms with van der Waals surface area (Å²) in [4.78, 5) is 0. The predicted molar refractivity (Wildman–Crippen MR) is 95.8 cm³/mol. The second kappa shape index (κ2) is 5.88. The van der Waals surface area contributed by atoms with Crippen molar-refractivity contribution < 1.29 is 25.8 Å². The maximum Gasteiger partial charge on any atom is 0.534 e. The SMILES string of the molecule is CC12CCC=CC1=CCC1C2CCC2(C)C(OS(=O)(=O)C(F)(F)F)=CCC12. The topological polar surface area (TPSA) is 43.4 Å². The molecule has 1 fully saturated rings. The molecule has 0 aromatic rings. The van der Waals surface area contributed by atoms with Crippen LogP contribution in [0.3, 0.4) is 0 Å². The van der Waals surface area contributed by atoms with Gasteiger partial charge in [-0.3, -0.25) is 0 Å². The standard InChI is InChI=1S/C20H25F3O3S/c1-18-11-4-3-5-13(18)6-7-14-15-8-9-17(19(15,2)12-10-16(14)18)26-27(24,25)20(21,22)23/h3,5-6,9,14-16H,4,7-8,10-12H2,1-2H3. The van der Waals surface area contributed by atoms with E-state index in [-0.39, 0.29) is 17.1 Å². The Morgan fingerprint density at radius 1 is 1.07 bits per heavy atom. The third-order valence-electron chi connectivity index (χ3n) is 7.65. The zero-order chi connectivity index (χ0) is 19.7. The van der Waals surface area contributed by atoms with Crippen LogP contribution in [0.15, 0.2) is 35.6 Å². The van der Waals surface area contributed by atoms with Crippen LogP contribution in [0.25, 0.3) is 0 Å². The molecule has 0 bridgehead atoms. The molecule has 0 aliphatic heterocycles. The van der Waals surface area contributed by atoms with Crippen molar-refractivity contribution >= 4 is 10.1 Å². The molecule has 0 aromatic heterocycles. The van der Waals surface area contributed by atoms with E-state index in [9.17, 15) is 21.6 Å². The smallest absolute Gasteiger partial charge is 0.380 e. The largest absolute Gasteiger partial charge is 0.534 e. The van der Waals surface area contributed by atoms with E-state index < -0.39 is 21.0 Å². The first-order valence-electron chi connectivity index (χ1n) is 9.58. The van der Waals surface area contributed by atoms with E-state index in [4.69, 9.17) is 0 Å². The van der Waals surface area contributed by atoms with Gasteiger partial charge in [0.25, 0.3) is 0 Å². The van der Waals surface area contributed by atoms with Crippen molar-refractivity contribution in [3.8, 4) is 0 Å². The van der Waals surface area contributed by atoms with Crippen molar-refractivity contribution in [3.63, 3.8) is 0 Å². The van der Waals surface area contributed by atoms with Gasteiger partial charge in [0.15, 0.2) is 0 Å². The summed E-state index contributed by atoms with van der Waals surface area (Å²) in [5.74, 6) is 0.935. The molecule has 0 N–H and O–H groups in total. The number of allylic oxidation sites excluding steroid dienone is 6. The predicted octanol–water partition coefficient (Wildman–Crippen LogP) is 5.48. The lowest BCUT2D eigenvalue weighted by atomic mass is 9.49. The van der Waals surface area contributed by atoms with Crippen molar-refractivity contribution in [1.82, 2.24) is 0 Å². The molecule has 1 saturated carbocycles. The van der Waals surface area contributed by atoms with Crippen LogP contribution in [0.5, 0.6) is 0 Å². The average Bonchev–Trinajstić information content (AvgIpc) is 2.89. The Bertz CT molecular complexity index is 839. The van der Waals surface area contributed by atoms with Crippen LogP contribution in [-0.2, 0) is 14.3 Å². The number of fused-ring (bicyclic) bond motifs is 5. The van der Waals surface area contributed by atoms with Crippen molar-refractivity contribution in [3.05, 3.63) is 35.6 Å². The summed E-state index contributed by atoms with van der Waals surface area (Å²) in [6.07, 6.45) is 13.5. The molecule has 27 heavy (non-hydrogen) atoms. The second-order valence-corrected chi connectivity index (χ2v) is 10.4. The molecule has 4 aliphatic rings. The molecule has 5 unspecified atom stereocenters.